The Morgan fingerprint density at radius 1 is 1.27 bits per heavy atom. The first-order valence-corrected chi connectivity index (χ1v) is 8.44. The molecular weight excluding hydrogens is 195 g/mol. The first kappa shape index (κ1) is 11.5. The molecule has 0 N–H and O–H groups in total. The molecule has 0 unspecified atom stereocenters. The van der Waals surface area contributed by atoms with Crippen molar-refractivity contribution in [3.05, 3.63) is 12.3 Å². The smallest absolute Gasteiger partial charge is 0.140 e. The maximum Gasteiger partial charge on any atom is 0.273 e. The molecule has 0 spiro atoms. The van der Waals surface area contributed by atoms with Gasteiger partial charge < -0.3 is 0 Å². The zero-order valence-electron chi connectivity index (χ0n) is 7.08. The molecule has 0 nitrogen and oxygen atoms in total. The lowest BCUT2D eigenvalue weighted by Crippen LogP contribution is -2.14. The first-order chi connectivity index (χ1) is 5.12. The second-order valence-corrected chi connectivity index (χ2v) is 9.83. The lowest BCUT2D eigenvalue weighted by Gasteiger charge is -2.09. The van der Waals surface area contributed by atoms with Crippen LogP contribution in [0.15, 0.2) is 12.3 Å². The molecule has 0 aliphatic heterocycles. The lowest BCUT2D eigenvalue weighted by molar-refractivity contribution is 0.699. The summed E-state index contributed by atoms with van der Waals surface area (Å²) < 4.78 is 0. The van der Waals surface area contributed by atoms with Crippen molar-refractivity contribution in [3.8, 4) is 0 Å². The second-order valence-electron chi connectivity index (χ2n) is 2.78. The standard InChI is InChI=1S/C8H16Cl2Si/c1-3-5-6-7-8-11(9,10)4-2/h4H,2-3,5-8H2,1H3. The average Bonchev–Trinajstić information content (AvgIpc) is 1.99. The van der Waals surface area contributed by atoms with Crippen LogP contribution in [-0.4, -0.2) is 6.69 Å². The highest BCUT2D eigenvalue weighted by atomic mass is 35.7. The van der Waals surface area contributed by atoms with Gasteiger partial charge in [-0.05, 0) is 6.04 Å². The Morgan fingerprint density at radius 3 is 2.36 bits per heavy atom. The molecule has 0 aromatic heterocycles. The van der Waals surface area contributed by atoms with Gasteiger partial charge in [0.25, 0.3) is 6.69 Å². The summed E-state index contributed by atoms with van der Waals surface area (Å²) in [6.45, 7) is 3.80. The summed E-state index contributed by atoms with van der Waals surface area (Å²) in [5, 5.41) is 0. The SMILES string of the molecule is C=C[Si](Cl)(Cl)CCCCCC. The molecule has 0 fully saturated rings. The predicted molar refractivity (Wildman–Crippen MR) is 56.6 cm³/mol. The van der Waals surface area contributed by atoms with Gasteiger partial charge in [0, 0.05) is 0 Å². The van der Waals surface area contributed by atoms with E-state index in [9.17, 15) is 0 Å². The molecule has 0 atom stereocenters. The maximum absolute atomic E-state index is 5.99. The Hall–Kier alpha value is 0.537. The second kappa shape index (κ2) is 6.10. The molecule has 0 saturated heterocycles. The van der Waals surface area contributed by atoms with Crippen LogP contribution in [0.25, 0.3) is 0 Å². The summed E-state index contributed by atoms with van der Waals surface area (Å²) in [5.74, 6) is 0. The summed E-state index contributed by atoms with van der Waals surface area (Å²) in [7, 11) is 0. The van der Waals surface area contributed by atoms with E-state index in [2.05, 4.69) is 13.5 Å². The van der Waals surface area contributed by atoms with Crippen molar-refractivity contribution in [2.75, 3.05) is 0 Å². The fraction of sp³-hybridized carbons (Fsp3) is 0.750. The van der Waals surface area contributed by atoms with Gasteiger partial charge in [0.05, 0.1) is 0 Å². The maximum atomic E-state index is 5.99. The van der Waals surface area contributed by atoms with Crippen molar-refractivity contribution in [2.24, 2.45) is 0 Å². The zero-order valence-corrected chi connectivity index (χ0v) is 9.59. The molecule has 3 heteroatoms. The number of halogens is 2. The number of hydrogen-bond donors (Lipinski definition) is 0. The first-order valence-electron chi connectivity index (χ1n) is 4.14. The van der Waals surface area contributed by atoms with Gasteiger partial charge in [-0.25, -0.2) is 0 Å². The molecular formula is C8H16Cl2Si. The van der Waals surface area contributed by atoms with Crippen molar-refractivity contribution in [1.29, 1.82) is 0 Å². The molecule has 11 heavy (non-hydrogen) atoms. The Balaban J connectivity index is 3.30. The summed E-state index contributed by atoms with van der Waals surface area (Å²) in [4.78, 5) is 0. The highest BCUT2D eigenvalue weighted by Gasteiger charge is 2.22. The average molecular weight is 211 g/mol. The van der Waals surface area contributed by atoms with E-state index in [1.54, 1.807) is 5.70 Å². The van der Waals surface area contributed by atoms with E-state index in [0.717, 1.165) is 12.5 Å². The Morgan fingerprint density at radius 2 is 1.91 bits per heavy atom. The van der Waals surface area contributed by atoms with E-state index in [4.69, 9.17) is 22.2 Å². The van der Waals surface area contributed by atoms with Crippen LogP contribution in [0.5, 0.6) is 0 Å². The third-order valence-corrected chi connectivity index (χ3v) is 5.34. The van der Waals surface area contributed by atoms with Crippen molar-refractivity contribution >= 4 is 28.9 Å². The van der Waals surface area contributed by atoms with Crippen molar-refractivity contribution in [3.63, 3.8) is 0 Å². The predicted octanol–water partition coefficient (Wildman–Crippen LogP) is 4.21. The largest absolute Gasteiger partial charge is 0.273 e. The fourth-order valence-corrected chi connectivity index (χ4v) is 2.62. The van der Waals surface area contributed by atoms with E-state index in [0.29, 0.717) is 0 Å². The van der Waals surface area contributed by atoms with Gasteiger partial charge in [-0.15, -0.1) is 28.7 Å². The summed E-state index contributed by atoms with van der Waals surface area (Å²) in [5.41, 5.74) is 1.74. The van der Waals surface area contributed by atoms with Crippen LogP contribution < -0.4 is 0 Å². The number of hydrogen-bond acceptors (Lipinski definition) is 0. The molecule has 0 saturated carbocycles. The number of unbranched alkanes of at least 4 members (excludes halogenated alkanes) is 3. The minimum Gasteiger partial charge on any atom is -0.140 e. The van der Waals surface area contributed by atoms with E-state index in [-0.39, 0.29) is 0 Å². The zero-order chi connectivity index (χ0) is 8.74. The van der Waals surface area contributed by atoms with Crippen LogP contribution in [0.4, 0.5) is 0 Å². The Labute approximate surface area is 80.0 Å². The van der Waals surface area contributed by atoms with Crippen LogP contribution in [0.2, 0.25) is 6.04 Å². The monoisotopic (exact) mass is 210 g/mol. The quantitative estimate of drug-likeness (QED) is 0.350. The van der Waals surface area contributed by atoms with E-state index < -0.39 is 6.69 Å². The highest BCUT2D eigenvalue weighted by molar-refractivity contribution is 7.47. The number of rotatable bonds is 6. The Bertz CT molecular complexity index is 113. The lowest BCUT2D eigenvalue weighted by atomic mass is 10.2. The molecule has 0 aromatic rings. The Kier molecular flexibility index (Phi) is 6.40. The van der Waals surface area contributed by atoms with Crippen LogP contribution in [0.3, 0.4) is 0 Å². The van der Waals surface area contributed by atoms with Gasteiger partial charge >= 0.3 is 0 Å². The van der Waals surface area contributed by atoms with Crippen LogP contribution in [0, 0.1) is 0 Å². The molecule has 0 radical (unpaired) electrons. The van der Waals surface area contributed by atoms with E-state index in [1.165, 1.54) is 19.3 Å². The van der Waals surface area contributed by atoms with Crippen LogP contribution in [0.1, 0.15) is 32.6 Å². The van der Waals surface area contributed by atoms with Gasteiger partial charge in [0.1, 0.15) is 0 Å². The van der Waals surface area contributed by atoms with Crippen LogP contribution in [-0.2, 0) is 0 Å². The topological polar surface area (TPSA) is 0 Å². The van der Waals surface area contributed by atoms with Gasteiger partial charge in [-0.2, -0.15) is 0 Å². The third-order valence-electron chi connectivity index (χ3n) is 1.66. The minimum atomic E-state index is -2.02. The third kappa shape index (κ3) is 6.92. The van der Waals surface area contributed by atoms with Crippen molar-refractivity contribution in [2.45, 2.75) is 38.7 Å². The van der Waals surface area contributed by atoms with Crippen molar-refractivity contribution < 1.29 is 0 Å². The molecule has 0 aromatic carbocycles. The summed E-state index contributed by atoms with van der Waals surface area (Å²) in [6, 6.07) is 0.958. The molecule has 0 rings (SSSR count). The fourth-order valence-electron chi connectivity index (χ4n) is 0.890. The molecule has 0 bridgehead atoms. The van der Waals surface area contributed by atoms with E-state index in [1.807, 2.05) is 0 Å². The van der Waals surface area contributed by atoms with Crippen molar-refractivity contribution in [1.82, 2.24) is 0 Å². The summed E-state index contributed by atoms with van der Waals surface area (Å²) >= 11 is 12.0. The van der Waals surface area contributed by atoms with E-state index >= 15 is 0 Å². The normalized spacial score (nSPS) is 11.5. The van der Waals surface area contributed by atoms with Gasteiger partial charge in [-0.3, -0.25) is 0 Å². The van der Waals surface area contributed by atoms with Gasteiger partial charge in [-0.1, -0.05) is 38.3 Å². The van der Waals surface area contributed by atoms with Gasteiger partial charge in [0.2, 0.25) is 0 Å². The molecule has 0 aliphatic carbocycles. The van der Waals surface area contributed by atoms with Crippen LogP contribution >= 0.6 is 22.2 Å². The highest BCUT2D eigenvalue weighted by Crippen LogP contribution is 2.24. The molecule has 0 amide bonds. The molecule has 0 aliphatic rings. The minimum absolute atomic E-state index is 0.958. The molecule has 0 heterocycles. The van der Waals surface area contributed by atoms with Gasteiger partial charge in [0.15, 0.2) is 0 Å². The summed E-state index contributed by atoms with van der Waals surface area (Å²) in [6.07, 6.45) is 4.94. The molecule has 66 valence electrons.